The van der Waals surface area contributed by atoms with Gasteiger partial charge in [0.2, 0.25) is 0 Å². The molecule has 0 aromatic carbocycles. The van der Waals surface area contributed by atoms with Gasteiger partial charge in [-0.25, -0.2) is 4.39 Å². The first kappa shape index (κ1) is 7.85. The molecule has 1 N–H and O–H groups in total. The molecule has 0 unspecified atom stereocenters. The third kappa shape index (κ3) is 2.93. The maximum Gasteiger partial charge on any atom is 0.143 e. The molecule has 0 heterocycles. The molecule has 0 aromatic heterocycles. The Morgan fingerprint density at radius 3 is 2.38 bits per heavy atom. The summed E-state index contributed by atoms with van der Waals surface area (Å²) >= 11 is 0. The molecule has 0 radical (unpaired) electrons. The van der Waals surface area contributed by atoms with E-state index in [-0.39, 0.29) is 6.61 Å². The van der Waals surface area contributed by atoms with Crippen molar-refractivity contribution in [1.82, 2.24) is 4.90 Å². The summed E-state index contributed by atoms with van der Waals surface area (Å²) in [4.78, 5) is 1.51. The second-order valence-corrected chi connectivity index (χ2v) is 1.55. The van der Waals surface area contributed by atoms with Gasteiger partial charge in [0.15, 0.2) is 0 Å². The van der Waals surface area contributed by atoms with Crippen LogP contribution < -0.4 is 0 Å². The second-order valence-electron chi connectivity index (χ2n) is 1.55. The summed E-state index contributed by atoms with van der Waals surface area (Å²) in [5.74, 6) is 0. The Morgan fingerprint density at radius 2 is 2.25 bits per heavy atom. The van der Waals surface area contributed by atoms with Crippen molar-refractivity contribution in [2.24, 2.45) is 0 Å². The molecule has 0 fully saturated rings. The monoisotopic (exact) mass is 120 g/mol. The lowest BCUT2D eigenvalue weighted by atomic mass is 10.5. The van der Waals surface area contributed by atoms with Crippen molar-refractivity contribution >= 4 is 0 Å². The minimum atomic E-state index is -0.461. The molecule has 0 saturated carbocycles. The fourth-order valence-electron chi connectivity index (χ4n) is 0.444. The third-order valence-corrected chi connectivity index (χ3v) is 1.03. The Hall–Kier alpha value is -0.150. The van der Waals surface area contributed by atoms with Crippen molar-refractivity contribution in [1.29, 1.82) is 0 Å². The molecule has 0 spiro atoms. The highest BCUT2D eigenvalue weighted by Gasteiger charge is 1.96. The summed E-state index contributed by atoms with van der Waals surface area (Å²) in [6, 6.07) is 0. The van der Waals surface area contributed by atoms with Crippen molar-refractivity contribution in [3.8, 4) is 0 Å². The van der Waals surface area contributed by atoms with E-state index in [1.807, 2.05) is 6.92 Å². The quantitative estimate of drug-likeness (QED) is 0.537. The van der Waals surface area contributed by atoms with Crippen LogP contribution in [-0.2, 0) is 0 Å². The van der Waals surface area contributed by atoms with Gasteiger partial charge in [-0.3, -0.25) is 4.90 Å². The molecule has 0 saturated heterocycles. The largest absolute Gasteiger partial charge is 0.395 e. The van der Waals surface area contributed by atoms with E-state index in [0.717, 1.165) is 0 Å². The zero-order valence-corrected chi connectivity index (χ0v) is 5.10. The van der Waals surface area contributed by atoms with Gasteiger partial charge >= 0.3 is 0 Å². The highest BCUT2D eigenvalue weighted by Crippen LogP contribution is 1.84. The molecule has 8 heavy (non-hydrogen) atoms. The number of hydrogen-bond acceptors (Lipinski definition) is 2. The smallest absolute Gasteiger partial charge is 0.143 e. The van der Waals surface area contributed by atoms with Crippen LogP contribution in [0.3, 0.4) is 0 Å². The Morgan fingerprint density at radius 1 is 1.62 bits per heavy atom. The predicted molar refractivity (Wildman–Crippen MR) is 30.3 cm³/mol. The molecule has 0 bridgehead atoms. The number of likely N-dealkylation sites (N-methyl/N-ethyl adjacent to an activating group) is 1. The number of rotatable bonds is 4. The molecule has 0 aliphatic rings. The van der Waals surface area contributed by atoms with E-state index in [1.165, 1.54) is 4.90 Å². The Balaban J connectivity index is 3.07. The van der Waals surface area contributed by atoms with Crippen molar-refractivity contribution in [3.05, 3.63) is 0 Å². The van der Waals surface area contributed by atoms with Crippen LogP contribution in [0.25, 0.3) is 0 Å². The van der Waals surface area contributed by atoms with E-state index in [1.54, 1.807) is 0 Å². The lowest BCUT2D eigenvalue weighted by molar-refractivity contribution is 0.152. The van der Waals surface area contributed by atoms with Crippen LogP contribution in [0.5, 0.6) is 0 Å². The van der Waals surface area contributed by atoms with Crippen molar-refractivity contribution in [2.45, 2.75) is 6.92 Å². The summed E-state index contributed by atoms with van der Waals surface area (Å²) in [5, 5.41) is 8.29. The topological polar surface area (TPSA) is 23.5 Å². The molecule has 3 heteroatoms. The van der Waals surface area contributed by atoms with Crippen LogP contribution in [0.4, 0.5) is 4.39 Å². The molecule has 0 aliphatic carbocycles. The minimum absolute atomic E-state index is 0.0394. The molecule has 0 atom stereocenters. The van der Waals surface area contributed by atoms with Gasteiger partial charge < -0.3 is 5.11 Å². The summed E-state index contributed by atoms with van der Waals surface area (Å²) in [6.45, 7) is 2.54. The molecule has 2 nitrogen and oxygen atoms in total. The molecule has 0 amide bonds. The standard InChI is InChI=1S/C5H12FNO/c1-2-7(5-6)3-4-8/h8H,2-5H2,1H3/i6-1. The van der Waals surface area contributed by atoms with Gasteiger partial charge in [0.1, 0.15) is 6.80 Å². The number of nitrogens with zero attached hydrogens (tertiary/aromatic N) is 1. The van der Waals surface area contributed by atoms with E-state index >= 15 is 0 Å². The van der Waals surface area contributed by atoms with Gasteiger partial charge in [-0.2, -0.15) is 0 Å². The molecular weight excluding hydrogens is 108 g/mol. The summed E-state index contributed by atoms with van der Waals surface area (Å²) in [7, 11) is 0. The van der Waals surface area contributed by atoms with E-state index in [0.29, 0.717) is 13.1 Å². The van der Waals surface area contributed by atoms with E-state index in [2.05, 4.69) is 0 Å². The lowest BCUT2D eigenvalue weighted by Gasteiger charge is -2.12. The lowest BCUT2D eigenvalue weighted by Crippen LogP contribution is -2.25. The van der Waals surface area contributed by atoms with Crippen molar-refractivity contribution in [2.75, 3.05) is 26.5 Å². The highest BCUT2D eigenvalue weighted by molar-refractivity contribution is 4.44. The number of aliphatic hydroxyl groups is 1. The first-order valence-corrected chi connectivity index (χ1v) is 2.74. The third-order valence-electron chi connectivity index (χ3n) is 1.03. The average molecular weight is 120 g/mol. The van der Waals surface area contributed by atoms with E-state index in [4.69, 9.17) is 5.11 Å². The van der Waals surface area contributed by atoms with Gasteiger partial charge in [-0.15, -0.1) is 0 Å². The van der Waals surface area contributed by atoms with Crippen molar-refractivity contribution in [3.63, 3.8) is 0 Å². The molecule has 50 valence electrons. The zero-order chi connectivity index (χ0) is 6.41. The fraction of sp³-hybridized carbons (Fsp3) is 1.00. The highest BCUT2D eigenvalue weighted by atomic mass is 18.2. The SMILES string of the molecule is CCN(C[18F])CCO. The Labute approximate surface area is 48.9 Å². The van der Waals surface area contributed by atoms with Gasteiger partial charge in [-0.05, 0) is 6.54 Å². The summed E-state index contributed by atoms with van der Waals surface area (Å²) < 4.78 is 11.7. The first-order chi connectivity index (χ1) is 3.85. The fourth-order valence-corrected chi connectivity index (χ4v) is 0.444. The van der Waals surface area contributed by atoms with Crippen LogP contribution in [0.15, 0.2) is 0 Å². The minimum Gasteiger partial charge on any atom is -0.395 e. The molecule has 0 aliphatic heterocycles. The maximum atomic E-state index is 11.7. The summed E-state index contributed by atoms with van der Waals surface area (Å²) in [6.07, 6.45) is 0. The normalized spacial score (nSPS) is 10.5. The van der Waals surface area contributed by atoms with Crippen LogP contribution in [0.1, 0.15) is 6.92 Å². The predicted octanol–water partition coefficient (Wildman–Crippen LogP) is 0.228. The van der Waals surface area contributed by atoms with E-state index in [9.17, 15) is 4.39 Å². The average Bonchev–Trinajstić information content (AvgIpc) is 1.83. The second kappa shape index (κ2) is 5.00. The number of hydrogen-bond donors (Lipinski definition) is 1. The first-order valence-electron chi connectivity index (χ1n) is 2.74. The Kier molecular flexibility index (Phi) is 4.90. The van der Waals surface area contributed by atoms with Crippen LogP contribution in [0.2, 0.25) is 0 Å². The molecular formula is C5H12FNO. The van der Waals surface area contributed by atoms with Gasteiger partial charge in [0.05, 0.1) is 6.61 Å². The van der Waals surface area contributed by atoms with Gasteiger partial charge in [0, 0.05) is 6.54 Å². The van der Waals surface area contributed by atoms with Crippen LogP contribution in [0, 0.1) is 0 Å². The Bertz CT molecular complexity index is 47.7. The van der Waals surface area contributed by atoms with E-state index < -0.39 is 6.80 Å². The summed E-state index contributed by atoms with van der Waals surface area (Å²) in [5.41, 5.74) is 0. The van der Waals surface area contributed by atoms with Gasteiger partial charge in [-0.1, -0.05) is 6.92 Å². The number of halogens is 1. The van der Waals surface area contributed by atoms with Crippen molar-refractivity contribution < 1.29 is 9.50 Å². The maximum absolute atomic E-state index is 11.7. The van der Waals surface area contributed by atoms with Gasteiger partial charge in [0.25, 0.3) is 0 Å². The number of alkyl halides is 1. The van der Waals surface area contributed by atoms with Crippen LogP contribution in [-0.4, -0.2) is 36.5 Å². The zero-order valence-electron chi connectivity index (χ0n) is 5.10. The molecule has 0 aromatic rings. The molecule has 0 rings (SSSR count). The number of aliphatic hydroxyl groups excluding tert-OH is 1. The van der Waals surface area contributed by atoms with Crippen LogP contribution >= 0.6 is 0 Å².